The van der Waals surface area contributed by atoms with Crippen LogP contribution in [-0.2, 0) is 20.0 Å². The minimum absolute atomic E-state index is 0.00468. The molecule has 1 aliphatic heterocycles. The first-order valence-corrected chi connectivity index (χ1v) is 13.2. The third kappa shape index (κ3) is 4.62. The average molecular weight is 538 g/mol. The normalized spacial score (nSPS) is 17.8. The van der Waals surface area contributed by atoms with Gasteiger partial charge in [-0.25, -0.2) is 0 Å². The number of sulfonamides is 2. The van der Waals surface area contributed by atoms with Crippen molar-refractivity contribution in [1.82, 2.24) is 5.32 Å². The largest absolute Gasteiger partial charge is 0.493 e. The molecule has 1 aliphatic rings. The van der Waals surface area contributed by atoms with E-state index >= 15 is 0 Å². The van der Waals surface area contributed by atoms with Crippen molar-refractivity contribution in [1.29, 1.82) is 0 Å². The summed E-state index contributed by atoms with van der Waals surface area (Å²) in [5, 5.41) is 2.44. The van der Waals surface area contributed by atoms with Gasteiger partial charge in [0.15, 0.2) is 29.5 Å². The molecular weight excluding hydrogens is 510 g/mol. The number of nitrogens with one attached hydrogen (secondary N) is 1. The number of hydrogen-bond donors (Lipinski definition) is 1. The molecule has 0 saturated carbocycles. The van der Waals surface area contributed by atoms with Crippen molar-refractivity contribution >= 4 is 20.0 Å². The van der Waals surface area contributed by atoms with Crippen LogP contribution in [0.5, 0.6) is 23.0 Å². The number of hydrogen-bond acceptors (Lipinski definition) is 9. The molecule has 0 unspecified atom stereocenters. The SMILES string of the molecule is COc1ccc(S(=O)(=O)[N+]2(S(=O)(=O)c3ccc(OC)c(OC)c3)CCNCC(F)(F)C2)cc1OC. The van der Waals surface area contributed by atoms with E-state index in [1.54, 1.807) is 0 Å². The summed E-state index contributed by atoms with van der Waals surface area (Å²) in [6, 6.07) is 6.82. The Labute approximate surface area is 203 Å². The summed E-state index contributed by atoms with van der Waals surface area (Å²) in [4.78, 5) is -1.03. The van der Waals surface area contributed by atoms with Crippen molar-refractivity contribution in [3.63, 3.8) is 0 Å². The molecule has 2 aromatic rings. The highest BCUT2D eigenvalue weighted by Crippen LogP contribution is 2.41. The van der Waals surface area contributed by atoms with Crippen LogP contribution in [0, 0.1) is 0 Å². The summed E-state index contributed by atoms with van der Waals surface area (Å²) in [7, 11) is -4.78. The number of quaternary nitrogens is 1. The van der Waals surface area contributed by atoms with Crippen molar-refractivity contribution < 1.29 is 47.9 Å². The molecular formula is C21H27F2N2O8S2+. The standard InChI is InChI=1S/C21H27F2N2O8S2/c1-30-17-7-5-15(11-19(17)32-3)34(26,27)25(10-9-24-13-21(22,23)14-25)35(28,29)16-6-8-18(31-2)20(12-16)33-4/h5-8,11-12,24H,9-10,13-14H2,1-4H3/q+1. The van der Waals surface area contributed by atoms with Crippen molar-refractivity contribution in [2.24, 2.45) is 0 Å². The van der Waals surface area contributed by atoms with Crippen molar-refractivity contribution in [2.75, 3.05) is 54.6 Å². The number of nitrogens with zero attached hydrogens (tertiary/aromatic N) is 1. The van der Waals surface area contributed by atoms with Gasteiger partial charge >= 0.3 is 26.0 Å². The highest BCUT2D eigenvalue weighted by Gasteiger charge is 2.61. The van der Waals surface area contributed by atoms with Crippen LogP contribution in [0.25, 0.3) is 0 Å². The van der Waals surface area contributed by atoms with E-state index in [1.807, 2.05) is 0 Å². The fraction of sp³-hybridized carbons (Fsp3) is 0.429. The summed E-state index contributed by atoms with van der Waals surface area (Å²) in [6.07, 6.45) is 0. The predicted molar refractivity (Wildman–Crippen MR) is 121 cm³/mol. The molecule has 14 heteroatoms. The first kappa shape index (κ1) is 26.9. The second kappa shape index (κ2) is 9.76. The number of alkyl halides is 2. The summed E-state index contributed by atoms with van der Waals surface area (Å²) in [6.45, 7) is -3.36. The van der Waals surface area contributed by atoms with Crippen LogP contribution in [0.1, 0.15) is 0 Å². The number of halogens is 2. The molecule has 0 spiro atoms. The quantitative estimate of drug-likeness (QED) is 0.504. The minimum Gasteiger partial charge on any atom is -0.493 e. The van der Waals surface area contributed by atoms with Crippen LogP contribution in [-0.4, -0.2) is 80.7 Å². The molecule has 1 N–H and O–H groups in total. The van der Waals surface area contributed by atoms with Gasteiger partial charge in [0.2, 0.25) is 0 Å². The van der Waals surface area contributed by atoms with Crippen LogP contribution < -0.4 is 24.3 Å². The monoisotopic (exact) mass is 537 g/mol. The van der Waals surface area contributed by atoms with E-state index in [9.17, 15) is 25.6 Å². The maximum atomic E-state index is 14.9. The molecule has 3 rings (SSSR count). The molecule has 1 fully saturated rings. The third-order valence-corrected chi connectivity index (χ3v) is 10.9. The van der Waals surface area contributed by atoms with Crippen LogP contribution in [0.4, 0.5) is 8.78 Å². The topological polar surface area (TPSA) is 117 Å². The van der Waals surface area contributed by atoms with Gasteiger partial charge in [0.05, 0.1) is 35.0 Å². The summed E-state index contributed by atoms with van der Waals surface area (Å²) in [5.41, 5.74) is 0. The Hall–Kier alpha value is -2.68. The van der Waals surface area contributed by atoms with Crippen molar-refractivity contribution in [2.45, 2.75) is 15.7 Å². The molecule has 0 radical (unpaired) electrons. The second-order valence-electron chi connectivity index (χ2n) is 7.71. The average Bonchev–Trinajstić information content (AvgIpc) is 3.01. The maximum Gasteiger partial charge on any atom is 0.342 e. The maximum absolute atomic E-state index is 14.9. The number of rotatable bonds is 8. The zero-order valence-electron chi connectivity index (χ0n) is 19.6. The van der Waals surface area contributed by atoms with Crippen LogP contribution in [0.15, 0.2) is 46.2 Å². The van der Waals surface area contributed by atoms with Gasteiger partial charge in [0.25, 0.3) is 0 Å². The smallest absolute Gasteiger partial charge is 0.342 e. The van der Waals surface area contributed by atoms with Gasteiger partial charge in [-0.1, -0.05) is 0 Å². The molecule has 0 aromatic heterocycles. The second-order valence-corrected chi connectivity index (χ2v) is 12.2. The molecule has 10 nitrogen and oxygen atoms in total. The highest BCUT2D eigenvalue weighted by molar-refractivity contribution is 7.98. The van der Waals surface area contributed by atoms with Gasteiger partial charge in [0, 0.05) is 18.7 Å². The van der Waals surface area contributed by atoms with E-state index in [0.717, 1.165) is 24.3 Å². The zero-order valence-corrected chi connectivity index (χ0v) is 21.2. The number of methoxy groups -OCH3 is 4. The molecule has 1 saturated heterocycles. The van der Waals surface area contributed by atoms with Gasteiger partial charge in [-0.3, -0.25) is 0 Å². The van der Waals surface area contributed by atoms with Gasteiger partial charge in [-0.05, 0) is 24.3 Å². The molecule has 194 valence electrons. The summed E-state index contributed by atoms with van der Waals surface area (Å²) < 4.78 is 104. The molecule has 2 aromatic carbocycles. The number of benzene rings is 2. The fourth-order valence-corrected chi connectivity index (χ4v) is 8.58. The third-order valence-electron chi connectivity index (χ3n) is 5.67. The van der Waals surface area contributed by atoms with Crippen LogP contribution in [0.3, 0.4) is 0 Å². The molecule has 0 amide bonds. The Bertz CT molecular complexity index is 1210. The Morgan fingerprint density at radius 3 is 1.60 bits per heavy atom. The van der Waals surface area contributed by atoms with E-state index in [2.05, 4.69) is 5.32 Å². The van der Waals surface area contributed by atoms with Gasteiger partial charge in [0.1, 0.15) is 16.3 Å². The van der Waals surface area contributed by atoms with E-state index in [4.69, 9.17) is 18.9 Å². The molecule has 35 heavy (non-hydrogen) atoms. The zero-order chi connectivity index (χ0) is 26.1. The van der Waals surface area contributed by atoms with Crippen LogP contribution >= 0.6 is 0 Å². The molecule has 0 bridgehead atoms. The Balaban J connectivity index is 2.33. The minimum atomic E-state index is -4.99. The van der Waals surface area contributed by atoms with E-state index in [-0.39, 0.29) is 29.5 Å². The van der Waals surface area contributed by atoms with E-state index in [1.165, 1.54) is 40.6 Å². The first-order chi connectivity index (χ1) is 16.4. The molecule has 0 aliphatic carbocycles. The van der Waals surface area contributed by atoms with E-state index < -0.39 is 58.7 Å². The summed E-state index contributed by atoms with van der Waals surface area (Å²) >= 11 is 0. The fourth-order valence-electron chi connectivity index (χ4n) is 3.89. The highest BCUT2D eigenvalue weighted by atomic mass is 32.3. The predicted octanol–water partition coefficient (Wildman–Crippen LogP) is 1.85. The molecule has 1 heterocycles. The van der Waals surface area contributed by atoms with Crippen LogP contribution in [0.2, 0.25) is 0 Å². The first-order valence-electron chi connectivity index (χ1n) is 10.3. The van der Waals surface area contributed by atoms with Crippen molar-refractivity contribution in [3.8, 4) is 23.0 Å². The lowest BCUT2D eigenvalue weighted by molar-refractivity contribution is -0.682. The lowest BCUT2D eigenvalue weighted by Crippen LogP contribution is -2.61. The van der Waals surface area contributed by atoms with Gasteiger partial charge in [-0.15, -0.1) is 3.29 Å². The van der Waals surface area contributed by atoms with Gasteiger partial charge < -0.3 is 24.3 Å². The van der Waals surface area contributed by atoms with Crippen molar-refractivity contribution in [3.05, 3.63) is 36.4 Å². The lowest BCUT2D eigenvalue weighted by atomic mass is 10.3. The Morgan fingerprint density at radius 1 is 0.771 bits per heavy atom. The number of ether oxygens (including phenoxy) is 4. The summed E-state index contributed by atoms with van der Waals surface area (Å²) in [5.74, 6) is -3.30. The Morgan fingerprint density at radius 2 is 1.20 bits per heavy atom. The lowest BCUT2D eigenvalue weighted by Gasteiger charge is -2.35. The Kier molecular flexibility index (Phi) is 7.50. The van der Waals surface area contributed by atoms with Gasteiger partial charge in [-0.2, -0.15) is 25.6 Å². The van der Waals surface area contributed by atoms with E-state index in [0.29, 0.717) is 0 Å². The molecule has 0 atom stereocenters.